The van der Waals surface area contributed by atoms with Gasteiger partial charge in [0.25, 0.3) is 5.91 Å². The maximum atomic E-state index is 16.2. The van der Waals surface area contributed by atoms with Gasteiger partial charge in [-0.1, -0.05) is 0 Å². The van der Waals surface area contributed by atoms with Crippen LogP contribution in [0, 0.1) is 5.82 Å². The maximum absolute atomic E-state index is 16.2. The van der Waals surface area contributed by atoms with Gasteiger partial charge in [-0.3, -0.25) is 19.2 Å². The van der Waals surface area contributed by atoms with Crippen molar-refractivity contribution in [3.8, 4) is 11.1 Å². The Hall–Kier alpha value is -4.55. The minimum Gasteiger partial charge on any atom is -0.443 e. The molecule has 0 aliphatic carbocycles. The molecule has 1 atom stereocenters. The van der Waals surface area contributed by atoms with Crippen LogP contribution in [-0.4, -0.2) is 56.0 Å². The van der Waals surface area contributed by atoms with Crippen LogP contribution in [0.4, 0.5) is 20.6 Å². The Morgan fingerprint density at radius 1 is 1.10 bits per heavy atom. The van der Waals surface area contributed by atoms with Crippen LogP contribution in [0.5, 0.6) is 0 Å². The SMILES string of the molecule is CC(=O)c1cc(C(=O)Nc2cc(COC3CCCCO3)cc(-c3cnn(C)c3)c2F)c2cc(N(C(=O)OC(C)(C)C)C(C)(C)C)ccn12. The molecule has 1 unspecified atom stereocenters. The molecule has 1 fully saturated rings. The number of halogens is 1. The number of benzene rings is 1. The van der Waals surface area contributed by atoms with E-state index in [1.807, 2.05) is 20.8 Å². The number of Topliss-reactive ketones (excluding diaryl/α,β-unsaturated/α-hetero) is 1. The molecule has 12 heteroatoms. The minimum absolute atomic E-state index is 0.0607. The van der Waals surface area contributed by atoms with Gasteiger partial charge in [-0.2, -0.15) is 5.10 Å². The summed E-state index contributed by atoms with van der Waals surface area (Å²) in [6, 6.07) is 8.03. The molecule has 5 rings (SSSR count). The fourth-order valence-corrected chi connectivity index (χ4v) is 5.70. The number of pyridine rings is 1. The molecule has 4 aromatic rings. The van der Waals surface area contributed by atoms with E-state index in [-0.39, 0.29) is 41.2 Å². The van der Waals surface area contributed by atoms with Crippen LogP contribution in [0.3, 0.4) is 0 Å². The summed E-state index contributed by atoms with van der Waals surface area (Å²) >= 11 is 0. The third-order valence-corrected chi connectivity index (χ3v) is 7.84. The molecule has 1 saturated heterocycles. The van der Waals surface area contributed by atoms with Crippen LogP contribution in [0.25, 0.3) is 16.6 Å². The highest BCUT2D eigenvalue weighted by Gasteiger charge is 2.33. The number of hydrogen-bond acceptors (Lipinski definition) is 7. The molecule has 0 bridgehead atoms. The average molecular weight is 662 g/mol. The second-order valence-corrected chi connectivity index (χ2v) is 14.1. The number of aryl methyl sites for hydroxylation is 1. The van der Waals surface area contributed by atoms with Gasteiger partial charge in [0, 0.05) is 49.6 Å². The highest BCUT2D eigenvalue weighted by Crippen LogP contribution is 2.33. The molecule has 4 heterocycles. The molecule has 0 saturated carbocycles. The van der Waals surface area contributed by atoms with Crippen LogP contribution in [-0.2, 0) is 27.9 Å². The van der Waals surface area contributed by atoms with Crippen molar-refractivity contribution in [1.29, 1.82) is 0 Å². The lowest BCUT2D eigenvalue weighted by atomic mass is 10.0. The number of carbonyl (C=O) groups is 3. The van der Waals surface area contributed by atoms with Gasteiger partial charge in [-0.05, 0) is 96.7 Å². The number of nitrogens with zero attached hydrogens (tertiary/aromatic N) is 4. The summed E-state index contributed by atoms with van der Waals surface area (Å²) in [6.45, 7) is 13.1. The molecular weight excluding hydrogens is 617 g/mol. The first-order valence-corrected chi connectivity index (χ1v) is 16.1. The van der Waals surface area contributed by atoms with Crippen molar-refractivity contribution < 1.29 is 33.0 Å². The van der Waals surface area contributed by atoms with E-state index in [2.05, 4.69) is 10.4 Å². The summed E-state index contributed by atoms with van der Waals surface area (Å²) in [6.07, 6.45) is 6.69. The van der Waals surface area contributed by atoms with E-state index in [9.17, 15) is 14.4 Å². The van der Waals surface area contributed by atoms with E-state index in [1.54, 1.807) is 73.7 Å². The number of carbonyl (C=O) groups excluding carboxylic acids is 3. The van der Waals surface area contributed by atoms with Gasteiger partial charge in [-0.25, -0.2) is 9.18 Å². The first-order chi connectivity index (χ1) is 22.5. The van der Waals surface area contributed by atoms with E-state index in [0.29, 0.717) is 28.9 Å². The van der Waals surface area contributed by atoms with Crippen LogP contribution in [0.1, 0.15) is 94.1 Å². The zero-order chi connectivity index (χ0) is 35.0. The van der Waals surface area contributed by atoms with Gasteiger partial charge in [-0.15, -0.1) is 0 Å². The Balaban J connectivity index is 1.55. The largest absolute Gasteiger partial charge is 0.443 e. The van der Waals surface area contributed by atoms with Crippen molar-refractivity contribution in [1.82, 2.24) is 14.2 Å². The van der Waals surface area contributed by atoms with Crippen LogP contribution < -0.4 is 10.2 Å². The standard InChI is InChI=1S/C36H44FN5O6/c1-22(43)29-18-27(30-17-25(12-13-41(29)30)42(35(2,3)4)34(45)48-36(5,6)7)33(44)39-28-16-23(21-47-31-11-9-10-14-46-31)15-26(32(28)37)24-19-38-40(8)20-24/h12-13,15-20,31H,9-11,14,21H2,1-8H3,(H,39,44). The summed E-state index contributed by atoms with van der Waals surface area (Å²) in [7, 11) is 1.74. The number of nitrogens with one attached hydrogen (secondary N) is 1. The van der Waals surface area contributed by atoms with E-state index in [4.69, 9.17) is 14.2 Å². The Bertz CT molecular complexity index is 1840. The van der Waals surface area contributed by atoms with Crippen molar-refractivity contribution in [3.63, 3.8) is 0 Å². The zero-order valence-electron chi connectivity index (χ0n) is 28.8. The average Bonchev–Trinajstić information content (AvgIpc) is 3.60. The lowest BCUT2D eigenvalue weighted by molar-refractivity contribution is -0.168. The third-order valence-electron chi connectivity index (χ3n) is 7.84. The molecule has 48 heavy (non-hydrogen) atoms. The molecule has 256 valence electrons. The fraction of sp³-hybridized carbons (Fsp3) is 0.444. The second-order valence-electron chi connectivity index (χ2n) is 14.1. The highest BCUT2D eigenvalue weighted by molar-refractivity contribution is 6.12. The van der Waals surface area contributed by atoms with E-state index < -0.39 is 29.0 Å². The number of ketones is 1. The molecule has 0 radical (unpaired) electrons. The Labute approximate surface area is 279 Å². The number of ether oxygens (including phenoxy) is 3. The molecule has 3 aromatic heterocycles. The highest BCUT2D eigenvalue weighted by atomic mass is 19.1. The van der Waals surface area contributed by atoms with Crippen LogP contribution in [0.15, 0.2) is 48.9 Å². The van der Waals surface area contributed by atoms with Crippen molar-refractivity contribution in [3.05, 3.63) is 71.6 Å². The predicted octanol–water partition coefficient (Wildman–Crippen LogP) is 7.52. The van der Waals surface area contributed by atoms with Gasteiger partial charge in [0.1, 0.15) is 5.60 Å². The Kier molecular flexibility index (Phi) is 9.79. The monoisotopic (exact) mass is 661 g/mol. The van der Waals surface area contributed by atoms with Gasteiger partial charge in [0.2, 0.25) is 0 Å². The maximum Gasteiger partial charge on any atom is 0.415 e. The number of amides is 2. The number of anilines is 2. The van der Waals surface area contributed by atoms with E-state index >= 15 is 4.39 Å². The van der Waals surface area contributed by atoms with Crippen molar-refractivity contribution >= 4 is 34.7 Å². The van der Waals surface area contributed by atoms with Gasteiger partial charge < -0.3 is 23.9 Å². The minimum atomic E-state index is -0.742. The van der Waals surface area contributed by atoms with Gasteiger partial charge in [0.05, 0.1) is 41.0 Å². The summed E-state index contributed by atoms with van der Waals surface area (Å²) < 4.78 is 36.7. The van der Waals surface area contributed by atoms with Gasteiger partial charge in [0.15, 0.2) is 17.9 Å². The van der Waals surface area contributed by atoms with Crippen molar-refractivity contribution in [2.45, 2.75) is 91.8 Å². The number of hydrogen-bond donors (Lipinski definition) is 1. The molecule has 11 nitrogen and oxygen atoms in total. The number of rotatable bonds is 8. The molecule has 1 aliphatic heterocycles. The van der Waals surface area contributed by atoms with Crippen LogP contribution >= 0.6 is 0 Å². The molecule has 1 aliphatic rings. The summed E-state index contributed by atoms with van der Waals surface area (Å²) in [5, 5.41) is 6.93. The van der Waals surface area contributed by atoms with Crippen molar-refractivity contribution in [2.75, 3.05) is 16.8 Å². The second kappa shape index (κ2) is 13.5. The summed E-state index contributed by atoms with van der Waals surface area (Å²) in [4.78, 5) is 41.6. The lowest BCUT2D eigenvalue weighted by Gasteiger charge is -2.36. The molecule has 0 spiro atoms. The normalized spacial score (nSPS) is 15.4. The van der Waals surface area contributed by atoms with E-state index in [1.165, 1.54) is 24.0 Å². The molecular formula is C36H44FN5O6. The third kappa shape index (κ3) is 7.77. The summed E-state index contributed by atoms with van der Waals surface area (Å²) in [5.74, 6) is -1.55. The quantitative estimate of drug-likeness (QED) is 0.194. The predicted molar refractivity (Wildman–Crippen MR) is 181 cm³/mol. The fourth-order valence-electron chi connectivity index (χ4n) is 5.70. The summed E-state index contributed by atoms with van der Waals surface area (Å²) in [5.41, 5.74) is 1.10. The Morgan fingerprint density at radius 3 is 2.46 bits per heavy atom. The Morgan fingerprint density at radius 2 is 1.85 bits per heavy atom. The molecule has 2 amide bonds. The first kappa shape index (κ1) is 34.8. The van der Waals surface area contributed by atoms with E-state index in [0.717, 1.165) is 19.3 Å². The first-order valence-electron chi connectivity index (χ1n) is 16.1. The van der Waals surface area contributed by atoms with Crippen LogP contribution in [0.2, 0.25) is 0 Å². The molecule has 1 N–H and O–H groups in total. The molecule has 1 aromatic carbocycles. The van der Waals surface area contributed by atoms with Crippen molar-refractivity contribution in [2.24, 2.45) is 7.05 Å². The zero-order valence-corrected chi connectivity index (χ0v) is 28.8. The smallest absolute Gasteiger partial charge is 0.415 e. The van der Waals surface area contributed by atoms with Gasteiger partial charge >= 0.3 is 6.09 Å². The topological polar surface area (TPSA) is 116 Å². The number of fused-ring (bicyclic) bond motifs is 1. The lowest BCUT2D eigenvalue weighted by Crippen LogP contribution is -2.48. The number of aromatic nitrogens is 3.